The second kappa shape index (κ2) is 6.28. The summed E-state index contributed by atoms with van der Waals surface area (Å²) in [4.78, 5) is 6.37. The number of rotatable bonds is 3. The van der Waals surface area contributed by atoms with Crippen LogP contribution < -0.4 is 0 Å². The predicted octanol–water partition coefficient (Wildman–Crippen LogP) is 4.51. The Morgan fingerprint density at radius 3 is 2.80 bits per heavy atom. The van der Waals surface area contributed by atoms with Crippen molar-refractivity contribution in [2.75, 3.05) is 0 Å². The molecule has 0 aromatic heterocycles. The first kappa shape index (κ1) is 12.7. The van der Waals surface area contributed by atoms with E-state index in [1.54, 1.807) is 0 Å². The zero-order valence-corrected chi connectivity index (χ0v) is 12.0. The van der Waals surface area contributed by atoms with Crippen LogP contribution in [0.3, 0.4) is 0 Å². The van der Waals surface area contributed by atoms with Gasteiger partial charge in [0.05, 0.1) is 5.70 Å². The van der Waals surface area contributed by atoms with Gasteiger partial charge in [-0.3, -0.25) is 0 Å². The molecule has 0 aromatic rings. The Morgan fingerprint density at radius 1 is 1.47 bits per heavy atom. The summed E-state index contributed by atoms with van der Waals surface area (Å²) in [6.45, 7) is 4.16. The van der Waals surface area contributed by atoms with Crippen LogP contribution in [0.1, 0.15) is 26.7 Å². The smallest absolute Gasteiger partial charge is 0.131 e. The van der Waals surface area contributed by atoms with E-state index in [-0.39, 0.29) is 0 Å². The van der Waals surface area contributed by atoms with Gasteiger partial charge < -0.3 is 4.90 Å². The van der Waals surface area contributed by atoms with E-state index in [0.717, 1.165) is 27.8 Å². The SMILES string of the molecule is C/C=C\N1C=C(Br)N=C(Br)/C1=C\CCC. The second-order valence-corrected chi connectivity index (χ2v) is 4.69. The number of nitrogens with zero attached hydrogens (tertiary/aromatic N) is 2. The van der Waals surface area contributed by atoms with Crippen LogP contribution >= 0.6 is 31.9 Å². The van der Waals surface area contributed by atoms with Gasteiger partial charge in [0.2, 0.25) is 0 Å². The molecule has 4 heteroatoms. The molecule has 0 bridgehead atoms. The number of hydrogen-bond donors (Lipinski definition) is 0. The molecule has 0 saturated heterocycles. The van der Waals surface area contributed by atoms with Gasteiger partial charge in [-0.15, -0.1) is 0 Å². The molecular formula is C11H14Br2N2. The number of aliphatic imine (C=N–C) groups is 1. The van der Waals surface area contributed by atoms with Crippen molar-refractivity contribution in [2.45, 2.75) is 26.7 Å². The van der Waals surface area contributed by atoms with Crippen molar-refractivity contribution in [3.8, 4) is 0 Å². The van der Waals surface area contributed by atoms with Crippen LogP contribution in [0.2, 0.25) is 0 Å². The summed E-state index contributed by atoms with van der Waals surface area (Å²) in [5, 5.41) is 0. The highest BCUT2D eigenvalue weighted by molar-refractivity contribution is 9.18. The van der Waals surface area contributed by atoms with Crippen LogP contribution in [0.15, 0.2) is 39.8 Å². The van der Waals surface area contributed by atoms with E-state index in [2.05, 4.69) is 54.8 Å². The normalized spacial score (nSPS) is 19.7. The van der Waals surface area contributed by atoms with E-state index in [1.807, 2.05) is 25.4 Å². The van der Waals surface area contributed by atoms with Gasteiger partial charge in [0, 0.05) is 12.4 Å². The third-order valence-corrected chi connectivity index (χ3v) is 2.84. The molecule has 0 fully saturated rings. The highest BCUT2D eigenvalue weighted by Crippen LogP contribution is 2.24. The van der Waals surface area contributed by atoms with E-state index in [4.69, 9.17) is 0 Å². The van der Waals surface area contributed by atoms with Crippen LogP contribution in [0.25, 0.3) is 0 Å². The molecular weight excluding hydrogens is 320 g/mol. The van der Waals surface area contributed by atoms with Gasteiger partial charge >= 0.3 is 0 Å². The predicted molar refractivity (Wildman–Crippen MR) is 73.0 cm³/mol. The van der Waals surface area contributed by atoms with Gasteiger partial charge in [0.15, 0.2) is 0 Å². The molecule has 0 atom stereocenters. The van der Waals surface area contributed by atoms with Gasteiger partial charge in [-0.2, -0.15) is 0 Å². The molecule has 0 amide bonds. The van der Waals surface area contributed by atoms with Crippen LogP contribution in [-0.4, -0.2) is 9.52 Å². The van der Waals surface area contributed by atoms with E-state index in [1.165, 1.54) is 0 Å². The van der Waals surface area contributed by atoms with Crippen molar-refractivity contribution < 1.29 is 0 Å². The first-order chi connectivity index (χ1) is 7.19. The monoisotopic (exact) mass is 332 g/mol. The minimum atomic E-state index is 0.820. The Hall–Kier alpha value is -0.350. The van der Waals surface area contributed by atoms with Gasteiger partial charge in [-0.25, -0.2) is 4.99 Å². The first-order valence-corrected chi connectivity index (χ1v) is 6.50. The van der Waals surface area contributed by atoms with Crippen LogP contribution in [-0.2, 0) is 0 Å². The Morgan fingerprint density at radius 2 is 2.20 bits per heavy atom. The van der Waals surface area contributed by atoms with Crippen molar-refractivity contribution in [2.24, 2.45) is 4.99 Å². The third-order valence-electron chi connectivity index (χ3n) is 1.88. The number of unbranched alkanes of at least 4 members (excludes halogenated alkanes) is 1. The van der Waals surface area contributed by atoms with Gasteiger partial charge in [0.25, 0.3) is 0 Å². The van der Waals surface area contributed by atoms with Gasteiger partial charge in [-0.1, -0.05) is 25.5 Å². The highest BCUT2D eigenvalue weighted by atomic mass is 79.9. The summed E-state index contributed by atoms with van der Waals surface area (Å²) in [5.41, 5.74) is 1.10. The fourth-order valence-corrected chi connectivity index (χ4v) is 2.42. The average Bonchev–Trinajstić information content (AvgIpc) is 2.17. The zero-order chi connectivity index (χ0) is 11.3. The third kappa shape index (κ3) is 3.61. The largest absolute Gasteiger partial charge is 0.319 e. The second-order valence-electron chi connectivity index (χ2n) is 3.12. The maximum atomic E-state index is 4.32. The Balaban J connectivity index is 2.96. The first-order valence-electron chi connectivity index (χ1n) is 4.92. The Bertz CT molecular complexity index is 340. The molecule has 0 saturated carbocycles. The molecule has 1 aliphatic heterocycles. The molecule has 0 unspecified atom stereocenters. The lowest BCUT2D eigenvalue weighted by Gasteiger charge is -2.22. The van der Waals surface area contributed by atoms with Crippen molar-refractivity contribution >= 4 is 36.5 Å². The summed E-state index contributed by atoms with van der Waals surface area (Å²) in [5.74, 6) is 0. The molecule has 2 nitrogen and oxygen atoms in total. The number of hydrogen-bond acceptors (Lipinski definition) is 2. The van der Waals surface area contributed by atoms with E-state index in [0.29, 0.717) is 0 Å². The molecule has 0 N–H and O–H groups in total. The summed E-state index contributed by atoms with van der Waals surface area (Å²) in [7, 11) is 0. The van der Waals surface area contributed by atoms with Crippen LogP contribution in [0.5, 0.6) is 0 Å². The van der Waals surface area contributed by atoms with E-state index in [9.17, 15) is 0 Å². The molecule has 1 rings (SSSR count). The van der Waals surface area contributed by atoms with E-state index >= 15 is 0 Å². The number of allylic oxidation sites excluding steroid dienone is 3. The maximum absolute atomic E-state index is 4.32. The summed E-state index contributed by atoms with van der Waals surface area (Å²) < 4.78 is 1.68. The van der Waals surface area contributed by atoms with E-state index < -0.39 is 0 Å². The van der Waals surface area contributed by atoms with Gasteiger partial charge in [-0.05, 0) is 45.2 Å². The quantitative estimate of drug-likeness (QED) is 0.694. The maximum Gasteiger partial charge on any atom is 0.131 e. The zero-order valence-electron chi connectivity index (χ0n) is 8.87. The molecule has 1 heterocycles. The minimum absolute atomic E-state index is 0.820. The minimum Gasteiger partial charge on any atom is -0.319 e. The Kier molecular flexibility index (Phi) is 5.32. The Labute approximate surface area is 108 Å². The highest BCUT2D eigenvalue weighted by Gasteiger charge is 2.14. The molecule has 0 radical (unpaired) electrons. The lowest BCUT2D eigenvalue weighted by atomic mass is 10.2. The molecule has 0 spiro atoms. The summed E-state index contributed by atoms with van der Waals surface area (Å²) in [6.07, 6.45) is 10.3. The van der Waals surface area contributed by atoms with Crippen molar-refractivity contribution in [1.82, 2.24) is 4.90 Å². The fraction of sp³-hybridized carbons (Fsp3) is 0.364. The standard InChI is InChI=1S/C11H14Br2N2/c1-3-5-6-9-11(13)14-10(12)8-15(9)7-4-2/h4,6-8H,3,5H2,1-2H3/b7-4-,9-6+. The molecule has 0 aromatic carbocycles. The average molecular weight is 334 g/mol. The molecule has 0 aliphatic carbocycles. The van der Waals surface area contributed by atoms with Crippen LogP contribution in [0.4, 0.5) is 0 Å². The topological polar surface area (TPSA) is 15.6 Å². The summed E-state index contributed by atoms with van der Waals surface area (Å²) >= 11 is 6.85. The number of halogens is 2. The van der Waals surface area contributed by atoms with Crippen molar-refractivity contribution in [3.63, 3.8) is 0 Å². The lowest BCUT2D eigenvalue weighted by molar-refractivity contribution is 0.647. The van der Waals surface area contributed by atoms with Gasteiger partial charge in [0.1, 0.15) is 9.23 Å². The molecule has 15 heavy (non-hydrogen) atoms. The lowest BCUT2D eigenvalue weighted by Crippen LogP contribution is -2.17. The van der Waals surface area contributed by atoms with Crippen molar-refractivity contribution in [1.29, 1.82) is 0 Å². The molecule has 82 valence electrons. The van der Waals surface area contributed by atoms with Crippen LogP contribution in [0, 0.1) is 0 Å². The van der Waals surface area contributed by atoms with Crippen molar-refractivity contribution in [3.05, 3.63) is 34.9 Å². The summed E-state index contributed by atoms with van der Waals surface area (Å²) in [6, 6.07) is 0. The fourth-order valence-electron chi connectivity index (χ4n) is 1.23. The molecule has 1 aliphatic rings.